The Kier molecular flexibility index (Phi) is 2.24. The highest BCUT2D eigenvalue weighted by atomic mass is 15.3. The van der Waals surface area contributed by atoms with E-state index in [4.69, 9.17) is 5.73 Å². The lowest BCUT2D eigenvalue weighted by molar-refractivity contribution is 0.559. The van der Waals surface area contributed by atoms with Crippen LogP contribution in [-0.4, -0.2) is 21.3 Å². The number of fused-ring (bicyclic) bond motifs is 1. The minimum atomic E-state index is 0.796. The number of hydrogen-bond acceptors (Lipinski definition) is 4. The summed E-state index contributed by atoms with van der Waals surface area (Å²) in [5.41, 5.74) is 9.12. The van der Waals surface area contributed by atoms with Crippen LogP contribution in [0.3, 0.4) is 0 Å². The van der Waals surface area contributed by atoms with Crippen LogP contribution in [0.5, 0.6) is 0 Å². The summed E-state index contributed by atoms with van der Waals surface area (Å²) < 4.78 is 2.10. The molecule has 2 N–H and O–H groups in total. The predicted octanol–water partition coefficient (Wildman–Crippen LogP) is 1.19. The third-order valence-corrected chi connectivity index (χ3v) is 3.33. The highest BCUT2D eigenvalue weighted by molar-refractivity contribution is 5.64. The van der Waals surface area contributed by atoms with Crippen LogP contribution < -0.4 is 10.6 Å². The molecule has 1 aliphatic rings. The Labute approximate surface area is 99.9 Å². The second-order valence-corrected chi connectivity index (χ2v) is 4.35. The van der Waals surface area contributed by atoms with Gasteiger partial charge in [0.15, 0.2) is 5.82 Å². The fourth-order valence-electron chi connectivity index (χ4n) is 2.26. The molecule has 0 amide bonds. The van der Waals surface area contributed by atoms with Crippen molar-refractivity contribution in [3.8, 4) is 0 Å². The maximum absolute atomic E-state index is 5.94. The SMILES string of the molecule is Cc1c(N)cccc1N1CCn2cnnc2C1. The number of nitrogen functional groups attached to an aromatic ring is 1. The molecule has 0 saturated carbocycles. The molecular weight excluding hydrogens is 214 g/mol. The molecule has 1 aromatic carbocycles. The highest BCUT2D eigenvalue weighted by Gasteiger charge is 2.19. The van der Waals surface area contributed by atoms with Gasteiger partial charge in [0.05, 0.1) is 6.54 Å². The average molecular weight is 229 g/mol. The van der Waals surface area contributed by atoms with E-state index in [2.05, 4.69) is 32.7 Å². The fraction of sp³-hybridized carbons (Fsp3) is 0.333. The van der Waals surface area contributed by atoms with Gasteiger partial charge in [-0.3, -0.25) is 0 Å². The number of benzene rings is 1. The summed E-state index contributed by atoms with van der Waals surface area (Å²) in [7, 11) is 0. The first-order chi connectivity index (χ1) is 8.25. The van der Waals surface area contributed by atoms with Gasteiger partial charge in [0.2, 0.25) is 0 Å². The van der Waals surface area contributed by atoms with Crippen molar-refractivity contribution >= 4 is 11.4 Å². The van der Waals surface area contributed by atoms with E-state index in [0.717, 1.165) is 36.7 Å². The molecule has 2 heterocycles. The maximum Gasteiger partial charge on any atom is 0.152 e. The summed E-state index contributed by atoms with van der Waals surface area (Å²) in [6.07, 6.45) is 1.79. The van der Waals surface area contributed by atoms with Gasteiger partial charge in [-0.2, -0.15) is 0 Å². The smallest absolute Gasteiger partial charge is 0.152 e. The lowest BCUT2D eigenvalue weighted by Gasteiger charge is -2.30. The molecule has 0 spiro atoms. The van der Waals surface area contributed by atoms with Crippen molar-refractivity contribution in [1.82, 2.24) is 14.8 Å². The predicted molar refractivity (Wildman–Crippen MR) is 66.7 cm³/mol. The van der Waals surface area contributed by atoms with Crippen LogP contribution in [0.25, 0.3) is 0 Å². The fourth-order valence-corrected chi connectivity index (χ4v) is 2.26. The maximum atomic E-state index is 5.94. The van der Waals surface area contributed by atoms with Crippen molar-refractivity contribution in [3.63, 3.8) is 0 Å². The molecule has 17 heavy (non-hydrogen) atoms. The van der Waals surface area contributed by atoms with Crippen LogP contribution in [0, 0.1) is 6.92 Å². The van der Waals surface area contributed by atoms with Crippen LogP contribution in [0.1, 0.15) is 11.4 Å². The molecule has 0 unspecified atom stereocenters. The van der Waals surface area contributed by atoms with Crippen LogP contribution in [0.2, 0.25) is 0 Å². The van der Waals surface area contributed by atoms with Crippen molar-refractivity contribution in [1.29, 1.82) is 0 Å². The van der Waals surface area contributed by atoms with E-state index >= 15 is 0 Å². The van der Waals surface area contributed by atoms with E-state index in [9.17, 15) is 0 Å². The molecule has 0 radical (unpaired) electrons. The molecule has 1 aliphatic heterocycles. The minimum Gasteiger partial charge on any atom is -0.398 e. The normalized spacial score (nSPS) is 14.8. The number of anilines is 2. The number of hydrogen-bond donors (Lipinski definition) is 1. The standard InChI is InChI=1S/C12H15N5/c1-9-10(13)3-2-4-11(9)16-5-6-17-8-14-15-12(17)7-16/h2-4,8H,5-7,13H2,1H3. The Morgan fingerprint density at radius 1 is 1.29 bits per heavy atom. The molecular formula is C12H15N5. The van der Waals surface area contributed by atoms with E-state index in [1.807, 2.05) is 12.1 Å². The lowest BCUT2D eigenvalue weighted by atomic mass is 10.1. The second-order valence-electron chi connectivity index (χ2n) is 4.35. The zero-order chi connectivity index (χ0) is 11.8. The molecule has 5 heteroatoms. The van der Waals surface area contributed by atoms with Gasteiger partial charge in [0, 0.05) is 24.5 Å². The Morgan fingerprint density at radius 2 is 2.18 bits per heavy atom. The van der Waals surface area contributed by atoms with Crippen molar-refractivity contribution in [2.45, 2.75) is 20.0 Å². The van der Waals surface area contributed by atoms with Crippen LogP contribution in [0.4, 0.5) is 11.4 Å². The zero-order valence-corrected chi connectivity index (χ0v) is 9.80. The summed E-state index contributed by atoms with van der Waals surface area (Å²) in [5.74, 6) is 1.01. The third kappa shape index (κ3) is 1.63. The Bertz CT molecular complexity index is 546. The first kappa shape index (κ1) is 10.1. The number of nitrogens with zero attached hydrogens (tertiary/aromatic N) is 4. The van der Waals surface area contributed by atoms with Gasteiger partial charge in [-0.1, -0.05) is 6.07 Å². The van der Waals surface area contributed by atoms with E-state index in [1.54, 1.807) is 6.33 Å². The average Bonchev–Trinajstić information content (AvgIpc) is 2.79. The largest absolute Gasteiger partial charge is 0.398 e. The molecule has 1 aromatic heterocycles. The molecule has 0 fully saturated rings. The zero-order valence-electron chi connectivity index (χ0n) is 9.80. The molecule has 0 bridgehead atoms. The van der Waals surface area contributed by atoms with Crippen molar-refractivity contribution < 1.29 is 0 Å². The van der Waals surface area contributed by atoms with Gasteiger partial charge < -0.3 is 15.2 Å². The lowest BCUT2D eigenvalue weighted by Crippen LogP contribution is -2.34. The molecule has 3 rings (SSSR count). The van der Waals surface area contributed by atoms with Gasteiger partial charge in [0.25, 0.3) is 0 Å². The van der Waals surface area contributed by atoms with Gasteiger partial charge in [0.1, 0.15) is 6.33 Å². The Hall–Kier alpha value is -2.04. The van der Waals surface area contributed by atoms with E-state index in [0.29, 0.717) is 0 Å². The quantitative estimate of drug-likeness (QED) is 0.746. The van der Waals surface area contributed by atoms with Crippen LogP contribution in [0.15, 0.2) is 24.5 Å². The van der Waals surface area contributed by atoms with Crippen LogP contribution in [-0.2, 0) is 13.1 Å². The highest BCUT2D eigenvalue weighted by Crippen LogP contribution is 2.27. The van der Waals surface area contributed by atoms with Gasteiger partial charge in [-0.25, -0.2) is 0 Å². The van der Waals surface area contributed by atoms with Gasteiger partial charge in [-0.15, -0.1) is 10.2 Å². The van der Waals surface area contributed by atoms with Gasteiger partial charge in [-0.05, 0) is 24.6 Å². The monoisotopic (exact) mass is 229 g/mol. The summed E-state index contributed by atoms with van der Waals surface area (Å²) in [6.45, 7) is 4.75. The van der Waals surface area contributed by atoms with E-state index in [-0.39, 0.29) is 0 Å². The summed E-state index contributed by atoms with van der Waals surface area (Å²) >= 11 is 0. The third-order valence-electron chi connectivity index (χ3n) is 3.33. The summed E-state index contributed by atoms with van der Waals surface area (Å²) in [6, 6.07) is 6.04. The van der Waals surface area contributed by atoms with Crippen molar-refractivity contribution in [2.24, 2.45) is 0 Å². The second kappa shape index (κ2) is 3.76. The topological polar surface area (TPSA) is 60.0 Å². The van der Waals surface area contributed by atoms with E-state index < -0.39 is 0 Å². The summed E-state index contributed by atoms with van der Waals surface area (Å²) in [5, 5.41) is 8.06. The molecule has 0 aliphatic carbocycles. The first-order valence-corrected chi connectivity index (χ1v) is 5.72. The molecule has 88 valence electrons. The van der Waals surface area contributed by atoms with Crippen molar-refractivity contribution in [3.05, 3.63) is 35.9 Å². The number of aromatic nitrogens is 3. The first-order valence-electron chi connectivity index (χ1n) is 5.72. The van der Waals surface area contributed by atoms with Crippen LogP contribution >= 0.6 is 0 Å². The van der Waals surface area contributed by atoms with Crippen molar-refractivity contribution in [2.75, 3.05) is 17.2 Å². The Balaban J connectivity index is 1.94. The molecule has 0 atom stereocenters. The molecule has 0 saturated heterocycles. The van der Waals surface area contributed by atoms with E-state index in [1.165, 1.54) is 5.69 Å². The number of nitrogens with two attached hydrogens (primary N) is 1. The Morgan fingerprint density at radius 3 is 3.06 bits per heavy atom. The minimum absolute atomic E-state index is 0.796. The molecule has 5 nitrogen and oxygen atoms in total. The summed E-state index contributed by atoms with van der Waals surface area (Å²) in [4.78, 5) is 2.30. The van der Waals surface area contributed by atoms with Gasteiger partial charge >= 0.3 is 0 Å². The number of rotatable bonds is 1. The molecule has 2 aromatic rings.